The Morgan fingerprint density at radius 1 is 0.517 bits per heavy atom. The van der Waals surface area contributed by atoms with Crippen molar-refractivity contribution in [2.24, 2.45) is 0 Å². The lowest BCUT2D eigenvalue weighted by Crippen LogP contribution is -2.37. The van der Waals surface area contributed by atoms with Gasteiger partial charge in [-0.3, -0.25) is 0 Å². The molecule has 0 unspecified atom stereocenters. The molecule has 0 aliphatic carbocycles. The van der Waals surface area contributed by atoms with E-state index < -0.39 is 0 Å². The van der Waals surface area contributed by atoms with Gasteiger partial charge in [-0.25, -0.2) is 0 Å². The highest BCUT2D eigenvalue weighted by Gasteiger charge is 2.30. The van der Waals surface area contributed by atoms with Crippen LogP contribution in [0.15, 0.2) is 186 Å². The van der Waals surface area contributed by atoms with Gasteiger partial charge in [0.2, 0.25) is 0 Å². The second-order valence-electron chi connectivity index (χ2n) is 16.0. The summed E-state index contributed by atoms with van der Waals surface area (Å²) in [4.78, 5) is 0. The van der Waals surface area contributed by atoms with Crippen molar-refractivity contribution >= 4 is 105 Å². The van der Waals surface area contributed by atoms with E-state index >= 15 is 0 Å². The molecule has 3 nitrogen and oxygen atoms in total. The van der Waals surface area contributed by atoms with Crippen LogP contribution in [0.2, 0.25) is 0 Å². The monoisotopic (exact) mass is 781 g/mol. The van der Waals surface area contributed by atoms with Crippen molar-refractivity contribution in [3.63, 3.8) is 0 Å². The molecule has 1 N–H and O–H groups in total. The van der Waals surface area contributed by atoms with Gasteiger partial charge in [-0.15, -0.1) is 11.3 Å². The van der Waals surface area contributed by atoms with Crippen LogP contribution in [0, 0.1) is 6.92 Å². The SMILES string of the molecule is Cc1ccc(Nc2cc3c(cc2-c2cc(-c4ccccc4-c4ccccc4)c4c5ccccc5n5c4c2[B]c2cc4sc6ccccc6c4cc2-5)oc2ccccc23)cc1. The van der Waals surface area contributed by atoms with E-state index in [2.05, 4.69) is 200 Å². The fourth-order valence-electron chi connectivity index (χ4n) is 9.74. The van der Waals surface area contributed by atoms with Gasteiger partial charge in [0.05, 0.1) is 5.52 Å². The third kappa shape index (κ3) is 4.96. The fourth-order valence-corrected chi connectivity index (χ4v) is 10.9. The Hall–Kier alpha value is -7.34. The summed E-state index contributed by atoms with van der Waals surface area (Å²) in [5, 5.41) is 11.2. The number of anilines is 2. The van der Waals surface area contributed by atoms with E-state index in [0.29, 0.717) is 0 Å². The highest BCUT2D eigenvalue weighted by molar-refractivity contribution is 7.26. The van der Waals surface area contributed by atoms with Crippen LogP contribution in [0.1, 0.15) is 5.56 Å². The molecule has 0 spiro atoms. The number of benzene rings is 9. The van der Waals surface area contributed by atoms with E-state index in [9.17, 15) is 0 Å². The average Bonchev–Trinajstić information content (AvgIpc) is 3.97. The van der Waals surface area contributed by atoms with Crippen LogP contribution in [-0.2, 0) is 0 Å². The van der Waals surface area contributed by atoms with Crippen LogP contribution < -0.4 is 16.2 Å². The van der Waals surface area contributed by atoms with Gasteiger partial charge in [0.25, 0.3) is 0 Å². The number of rotatable bonds is 5. The highest BCUT2D eigenvalue weighted by atomic mass is 32.1. The molecule has 1 radical (unpaired) electrons. The molecule has 0 saturated heterocycles. The standard InChI is InChI=1S/C55H34BN2OS/c1-32-23-25-34(26-24-32)57-46-28-41-37-17-8-11-21-49(37)59-50(41)30-40(46)44-27-43(36-16-6-5-15-35(36)33-13-3-2-4-14-33)53-39-19-7-10-20-47(39)58-48-29-42-38-18-9-12-22-51(38)60-52(42)31-45(48)56-54(44)55(53)58/h2-31,57H,1H3. The van der Waals surface area contributed by atoms with Crippen LogP contribution >= 0.6 is 11.3 Å². The number of hydrogen-bond acceptors (Lipinski definition) is 3. The Balaban J connectivity index is 1.19. The predicted molar refractivity (Wildman–Crippen MR) is 257 cm³/mol. The summed E-state index contributed by atoms with van der Waals surface area (Å²) in [5.74, 6) is 0. The Morgan fingerprint density at radius 2 is 1.25 bits per heavy atom. The molecular weight excluding hydrogens is 747 g/mol. The lowest BCUT2D eigenvalue weighted by atomic mass is 9.58. The highest BCUT2D eigenvalue weighted by Crippen LogP contribution is 2.47. The smallest absolute Gasteiger partial charge is 0.197 e. The molecule has 0 amide bonds. The van der Waals surface area contributed by atoms with Gasteiger partial charge >= 0.3 is 0 Å². The Bertz CT molecular complexity index is 3720. The molecule has 12 aromatic rings. The minimum Gasteiger partial charge on any atom is -0.456 e. The molecule has 0 fully saturated rings. The molecule has 9 aromatic carbocycles. The number of hydrogen-bond donors (Lipinski definition) is 1. The van der Waals surface area contributed by atoms with Crippen molar-refractivity contribution in [1.82, 2.24) is 4.57 Å². The summed E-state index contributed by atoms with van der Waals surface area (Å²) in [5.41, 5.74) is 18.1. The summed E-state index contributed by atoms with van der Waals surface area (Å²) in [6.45, 7) is 2.13. The molecular formula is C55H34BN2OS. The van der Waals surface area contributed by atoms with Gasteiger partial charge in [-0.2, -0.15) is 0 Å². The largest absolute Gasteiger partial charge is 0.456 e. The van der Waals surface area contributed by atoms with E-state index in [1.807, 2.05) is 17.4 Å². The lowest BCUT2D eigenvalue weighted by Gasteiger charge is -2.25. The van der Waals surface area contributed by atoms with Crippen molar-refractivity contribution in [2.75, 3.05) is 5.32 Å². The quantitative estimate of drug-likeness (QED) is 0.176. The maximum atomic E-state index is 6.67. The van der Waals surface area contributed by atoms with Gasteiger partial charge in [-0.05, 0) is 101 Å². The Kier molecular flexibility index (Phi) is 7.19. The van der Waals surface area contributed by atoms with Crippen molar-refractivity contribution in [2.45, 2.75) is 6.92 Å². The summed E-state index contributed by atoms with van der Waals surface area (Å²) < 4.78 is 11.8. The topological polar surface area (TPSA) is 30.1 Å². The molecule has 0 atom stereocenters. The zero-order valence-corrected chi connectivity index (χ0v) is 33.5. The molecule has 3 aromatic heterocycles. The number of furan rings is 1. The molecule has 60 heavy (non-hydrogen) atoms. The second-order valence-corrected chi connectivity index (χ2v) is 17.1. The zero-order valence-electron chi connectivity index (χ0n) is 32.7. The summed E-state index contributed by atoms with van der Waals surface area (Å²) in [7, 11) is 2.45. The average molecular weight is 782 g/mol. The summed E-state index contributed by atoms with van der Waals surface area (Å²) in [6.07, 6.45) is 0. The van der Waals surface area contributed by atoms with Crippen LogP contribution in [0.4, 0.5) is 11.4 Å². The maximum Gasteiger partial charge on any atom is 0.197 e. The number of fused-ring (bicyclic) bond motifs is 11. The zero-order chi connectivity index (χ0) is 39.5. The van der Waals surface area contributed by atoms with Crippen molar-refractivity contribution < 1.29 is 4.42 Å². The van der Waals surface area contributed by atoms with Crippen LogP contribution in [0.5, 0.6) is 0 Å². The number of nitrogens with zero attached hydrogens (tertiary/aromatic N) is 1. The lowest BCUT2D eigenvalue weighted by molar-refractivity contribution is 0.669. The summed E-state index contributed by atoms with van der Waals surface area (Å²) >= 11 is 1.87. The molecule has 279 valence electrons. The minimum absolute atomic E-state index is 0.864. The van der Waals surface area contributed by atoms with E-state index in [0.717, 1.165) is 44.4 Å². The Morgan fingerprint density at radius 3 is 2.12 bits per heavy atom. The Labute approximate surface area is 351 Å². The van der Waals surface area contributed by atoms with E-state index in [-0.39, 0.29) is 0 Å². The first-order valence-corrected chi connectivity index (χ1v) is 21.3. The molecule has 0 saturated carbocycles. The number of aryl methyl sites for hydroxylation is 1. The van der Waals surface area contributed by atoms with Crippen LogP contribution in [0.25, 0.3) is 103 Å². The first-order valence-electron chi connectivity index (χ1n) is 20.5. The number of nitrogens with one attached hydrogen (secondary N) is 1. The molecule has 13 rings (SSSR count). The third-order valence-electron chi connectivity index (χ3n) is 12.5. The maximum absolute atomic E-state index is 6.67. The summed E-state index contributed by atoms with van der Waals surface area (Å²) in [6, 6.07) is 66.3. The van der Waals surface area contributed by atoms with E-state index in [4.69, 9.17) is 4.42 Å². The van der Waals surface area contributed by atoms with Gasteiger partial charge in [-0.1, -0.05) is 132 Å². The first kappa shape index (κ1) is 33.6. The van der Waals surface area contributed by atoms with Crippen molar-refractivity contribution in [1.29, 1.82) is 0 Å². The fraction of sp³-hybridized carbons (Fsp3) is 0.0182. The van der Waals surface area contributed by atoms with E-state index in [1.165, 1.54) is 86.4 Å². The van der Waals surface area contributed by atoms with Gasteiger partial charge in [0.15, 0.2) is 7.28 Å². The molecule has 1 aliphatic rings. The third-order valence-corrected chi connectivity index (χ3v) is 13.6. The van der Waals surface area contributed by atoms with Crippen molar-refractivity contribution in [3.8, 4) is 39.1 Å². The second kappa shape index (κ2) is 12.8. The van der Waals surface area contributed by atoms with Crippen LogP contribution in [-0.4, -0.2) is 11.8 Å². The molecule has 0 bridgehead atoms. The molecule has 5 heteroatoms. The number of para-hydroxylation sites is 2. The number of thiophene rings is 1. The van der Waals surface area contributed by atoms with Crippen molar-refractivity contribution in [3.05, 3.63) is 188 Å². The minimum atomic E-state index is 0.864. The normalized spacial score (nSPS) is 12.2. The number of aromatic nitrogens is 1. The molecule has 1 aliphatic heterocycles. The predicted octanol–water partition coefficient (Wildman–Crippen LogP) is 14.1. The first-order chi connectivity index (χ1) is 29.6. The molecule has 4 heterocycles. The van der Waals surface area contributed by atoms with E-state index in [1.54, 1.807) is 0 Å². The van der Waals surface area contributed by atoms with Gasteiger partial charge < -0.3 is 14.3 Å². The van der Waals surface area contributed by atoms with Crippen LogP contribution in [0.3, 0.4) is 0 Å². The van der Waals surface area contributed by atoms with Gasteiger partial charge in [0.1, 0.15) is 11.2 Å². The van der Waals surface area contributed by atoms with Gasteiger partial charge in [0, 0.05) is 69.9 Å².